The lowest BCUT2D eigenvalue weighted by atomic mass is 10.3. The summed E-state index contributed by atoms with van der Waals surface area (Å²) in [5.41, 5.74) is -0.373. The minimum absolute atomic E-state index is 0.0253. The molecule has 2 unspecified atom stereocenters. The third kappa shape index (κ3) is 3.76. The third-order valence-electron chi connectivity index (χ3n) is 2.58. The van der Waals surface area contributed by atoms with E-state index in [4.69, 9.17) is 9.26 Å². The van der Waals surface area contributed by atoms with Crippen molar-refractivity contribution in [2.45, 2.75) is 26.4 Å². The number of methoxy groups -OCH3 is 1. The largest absolute Gasteiger partial charge is 0.490 e. The van der Waals surface area contributed by atoms with Crippen LogP contribution < -0.4 is 10.0 Å². The third-order valence-corrected chi connectivity index (χ3v) is 4.16. The van der Waals surface area contributed by atoms with Gasteiger partial charge in [-0.05, 0) is 25.5 Å². The van der Waals surface area contributed by atoms with Crippen LogP contribution in [0.2, 0.25) is 0 Å². The Balaban J connectivity index is 3.17. The average Bonchev–Trinajstić information content (AvgIpc) is 2.37. The first-order chi connectivity index (χ1) is 8.81. The van der Waals surface area contributed by atoms with Gasteiger partial charge in [0.25, 0.3) is 0 Å². The first-order valence-corrected chi connectivity index (χ1v) is 7.23. The van der Waals surface area contributed by atoms with E-state index in [2.05, 4.69) is 0 Å². The van der Waals surface area contributed by atoms with Crippen molar-refractivity contribution in [3.63, 3.8) is 0 Å². The zero-order valence-corrected chi connectivity index (χ0v) is 11.8. The number of nitrogens with zero attached hydrogens (tertiary/aromatic N) is 1. The monoisotopic (exact) mass is 289 g/mol. The van der Waals surface area contributed by atoms with Crippen LogP contribution in [0.4, 0.5) is 5.69 Å². The number of rotatable bonds is 6. The molecule has 0 heterocycles. The molecule has 7 nitrogen and oxygen atoms in total. The molecule has 106 valence electrons. The van der Waals surface area contributed by atoms with Gasteiger partial charge in [-0.1, -0.05) is 6.92 Å². The fraction of sp³-hybridized carbons (Fsp3) is 0.455. The van der Waals surface area contributed by atoms with Crippen LogP contribution in [-0.2, 0) is 9.09 Å². The molecule has 0 spiro atoms. The van der Waals surface area contributed by atoms with E-state index >= 15 is 0 Å². The fourth-order valence-corrected chi connectivity index (χ4v) is 2.68. The molecule has 1 aromatic carbocycles. The van der Waals surface area contributed by atoms with Crippen molar-refractivity contribution in [1.29, 1.82) is 0 Å². The molecule has 0 aliphatic carbocycles. The van der Waals surface area contributed by atoms with Crippen LogP contribution in [0.15, 0.2) is 18.2 Å². The van der Waals surface area contributed by atoms with Crippen molar-refractivity contribution >= 4 is 18.6 Å². The zero-order valence-electron chi connectivity index (χ0n) is 10.9. The van der Waals surface area contributed by atoms with E-state index in [-0.39, 0.29) is 16.7 Å². The minimum Gasteiger partial charge on any atom is -0.490 e. The van der Waals surface area contributed by atoms with E-state index < -0.39 is 18.6 Å². The van der Waals surface area contributed by atoms with Gasteiger partial charge in [-0.15, -0.1) is 0 Å². The van der Waals surface area contributed by atoms with Crippen molar-refractivity contribution in [1.82, 2.24) is 0 Å². The summed E-state index contributed by atoms with van der Waals surface area (Å²) in [5, 5.41) is 10.7. The Labute approximate surface area is 110 Å². The molecule has 1 aromatic rings. The smallest absolute Gasteiger partial charge is 0.359 e. The molecule has 0 amide bonds. The van der Waals surface area contributed by atoms with Gasteiger partial charge in [0, 0.05) is 6.07 Å². The summed E-state index contributed by atoms with van der Waals surface area (Å²) in [4.78, 5) is 20.0. The van der Waals surface area contributed by atoms with E-state index in [0.29, 0.717) is 6.42 Å². The van der Waals surface area contributed by atoms with Gasteiger partial charge in [0.05, 0.1) is 23.4 Å². The first kappa shape index (κ1) is 15.6. The number of nitro groups is 1. The Bertz CT molecular complexity index is 518. The van der Waals surface area contributed by atoms with Crippen LogP contribution >= 0.6 is 7.60 Å². The molecule has 0 aliphatic rings. The summed E-state index contributed by atoms with van der Waals surface area (Å²) in [6.07, 6.45) is 0.139. The Hall–Kier alpha value is -1.43. The molecule has 1 N–H and O–H groups in total. The Kier molecular flexibility index (Phi) is 5.05. The molecule has 1 rings (SSSR count). The van der Waals surface area contributed by atoms with Gasteiger partial charge in [0.1, 0.15) is 0 Å². The summed E-state index contributed by atoms with van der Waals surface area (Å²) >= 11 is 0. The maximum Gasteiger partial charge on any atom is 0.359 e. The SMILES string of the molecule is CCC(C)OP(=O)(O)c1ccc(OC)c([N+](=O)[O-])c1. The van der Waals surface area contributed by atoms with E-state index in [1.165, 1.54) is 19.2 Å². The van der Waals surface area contributed by atoms with Crippen molar-refractivity contribution in [2.24, 2.45) is 0 Å². The summed E-state index contributed by atoms with van der Waals surface area (Å²) in [6.45, 7) is 3.46. The molecule has 0 radical (unpaired) electrons. The highest BCUT2D eigenvalue weighted by molar-refractivity contribution is 7.61. The summed E-state index contributed by atoms with van der Waals surface area (Å²) in [6, 6.07) is 3.56. The van der Waals surface area contributed by atoms with Crippen LogP contribution in [0, 0.1) is 10.1 Å². The molecular weight excluding hydrogens is 273 g/mol. The highest BCUT2D eigenvalue weighted by Gasteiger charge is 2.28. The van der Waals surface area contributed by atoms with Crippen molar-refractivity contribution in [2.75, 3.05) is 7.11 Å². The predicted molar refractivity (Wildman–Crippen MR) is 69.9 cm³/mol. The van der Waals surface area contributed by atoms with Gasteiger partial charge in [-0.3, -0.25) is 14.7 Å². The molecule has 0 aromatic heterocycles. The summed E-state index contributed by atoms with van der Waals surface area (Å²) in [7, 11) is -2.79. The van der Waals surface area contributed by atoms with Crippen LogP contribution in [0.3, 0.4) is 0 Å². The van der Waals surface area contributed by atoms with E-state index in [1.54, 1.807) is 13.8 Å². The lowest BCUT2D eigenvalue weighted by Crippen LogP contribution is -2.13. The Morgan fingerprint density at radius 3 is 2.63 bits per heavy atom. The number of benzene rings is 1. The van der Waals surface area contributed by atoms with E-state index in [9.17, 15) is 19.6 Å². The maximum absolute atomic E-state index is 12.0. The topological polar surface area (TPSA) is 98.9 Å². The second-order valence-corrected chi connectivity index (χ2v) is 5.73. The second-order valence-electron chi connectivity index (χ2n) is 3.96. The molecule has 8 heteroatoms. The number of hydrogen-bond acceptors (Lipinski definition) is 5. The quantitative estimate of drug-likeness (QED) is 0.490. The zero-order chi connectivity index (χ0) is 14.6. The molecular formula is C11H16NO6P. The van der Waals surface area contributed by atoms with Crippen molar-refractivity contribution in [3.05, 3.63) is 28.3 Å². The number of nitro benzene ring substituents is 1. The van der Waals surface area contributed by atoms with Crippen LogP contribution in [0.5, 0.6) is 5.75 Å². The highest BCUT2D eigenvalue weighted by Crippen LogP contribution is 2.44. The number of hydrogen-bond donors (Lipinski definition) is 1. The van der Waals surface area contributed by atoms with Crippen LogP contribution in [0.1, 0.15) is 20.3 Å². The molecule has 2 atom stereocenters. The molecule has 19 heavy (non-hydrogen) atoms. The van der Waals surface area contributed by atoms with Gasteiger partial charge in [0.15, 0.2) is 5.75 Å². The van der Waals surface area contributed by atoms with Crippen LogP contribution in [-0.4, -0.2) is 23.0 Å². The lowest BCUT2D eigenvalue weighted by molar-refractivity contribution is -0.385. The van der Waals surface area contributed by atoms with Gasteiger partial charge in [-0.2, -0.15) is 0 Å². The molecule has 0 bridgehead atoms. The average molecular weight is 289 g/mol. The minimum atomic E-state index is -4.07. The van der Waals surface area contributed by atoms with Gasteiger partial charge in [0.2, 0.25) is 0 Å². The maximum atomic E-state index is 12.0. The molecule has 0 saturated carbocycles. The first-order valence-electron chi connectivity index (χ1n) is 5.66. The fourth-order valence-electron chi connectivity index (χ4n) is 1.38. The standard InChI is InChI=1S/C11H16NO6P/c1-4-8(2)18-19(15,16)9-5-6-11(17-3)10(7-9)12(13)14/h5-8H,4H2,1-3H3,(H,15,16). The Morgan fingerprint density at radius 2 is 2.16 bits per heavy atom. The second kappa shape index (κ2) is 6.14. The van der Waals surface area contributed by atoms with Crippen molar-refractivity contribution < 1.29 is 23.6 Å². The molecule has 0 saturated heterocycles. The normalized spacial score (nSPS) is 15.6. The van der Waals surface area contributed by atoms with Gasteiger partial charge < -0.3 is 14.2 Å². The lowest BCUT2D eigenvalue weighted by Gasteiger charge is -2.17. The van der Waals surface area contributed by atoms with Crippen LogP contribution in [0.25, 0.3) is 0 Å². The number of ether oxygens (including phenoxy) is 1. The van der Waals surface area contributed by atoms with E-state index in [0.717, 1.165) is 6.07 Å². The van der Waals surface area contributed by atoms with Gasteiger partial charge >= 0.3 is 13.3 Å². The summed E-state index contributed by atoms with van der Waals surface area (Å²) < 4.78 is 21.9. The van der Waals surface area contributed by atoms with Crippen molar-refractivity contribution in [3.8, 4) is 5.75 Å². The van der Waals surface area contributed by atoms with E-state index in [1.807, 2.05) is 0 Å². The molecule has 0 aliphatic heterocycles. The predicted octanol–water partition coefficient (Wildman–Crippen LogP) is 2.23. The molecule has 0 fully saturated rings. The summed E-state index contributed by atoms with van der Waals surface area (Å²) in [5.74, 6) is 0.0253. The van der Waals surface area contributed by atoms with Gasteiger partial charge in [-0.25, -0.2) is 0 Å². The Morgan fingerprint density at radius 1 is 1.53 bits per heavy atom. The highest BCUT2D eigenvalue weighted by atomic mass is 31.2.